The molecule has 0 saturated heterocycles. The molecule has 0 unspecified atom stereocenters. The normalized spacial score (nSPS) is 9.85. The smallest absolute Gasteiger partial charge is 0.344 e. The van der Waals surface area contributed by atoms with Crippen LogP contribution in [0.15, 0.2) is 48.5 Å². The van der Waals surface area contributed by atoms with Crippen molar-refractivity contribution >= 4 is 29.2 Å². The number of anilines is 2. The van der Waals surface area contributed by atoms with E-state index in [-0.39, 0.29) is 12.5 Å². The van der Waals surface area contributed by atoms with E-state index in [1.165, 1.54) is 14.0 Å². The van der Waals surface area contributed by atoms with E-state index in [4.69, 9.17) is 14.2 Å². The first kappa shape index (κ1) is 19.8. The molecule has 27 heavy (non-hydrogen) atoms. The third-order valence-electron chi connectivity index (χ3n) is 3.27. The number of carbonyl (C=O) groups excluding carboxylic acids is 3. The minimum absolute atomic E-state index is 0.186. The average molecular weight is 372 g/mol. The molecule has 2 aromatic carbocycles. The van der Waals surface area contributed by atoms with Crippen molar-refractivity contribution in [2.24, 2.45) is 0 Å². The number of hydrogen-bond acceptors (Lipinski definition) is 6. The van der Waals surface area contributed by atoms with Crippen LogP contribution in [-0.2, 0) is 19.1 Å². The van der Waals surface area contributed by atoms with Gasteiger partial charge in [0, 0.05) is 18.3 Å². The number of hydrogen-bond donors (Lipinski definition) is 2. The number of benzene rings is 2. The fourth-order valence-corrected chi connectivity index (χ4v) is 2.10. The van der Waals surface area contributed by atoms with Crippen molar-refractivity contribution in [1.29, 1.82) is 0 Å². The maximum Gasteiger partial charge on any atom is 0.344 e. The van der Waals surface area contributed by atoms with Crippen LogP contribution in [0.4, 0.5) is 11.4 Å². The van der Waals surface area contributed by atoms with Gasteiger partial charge in [0.15, 0.2) is 24.7 Å². The number of rotatable bonds is 8. The summed E-state index contributed by atoms with van der Waals surface area (Å²) < 4.78 is 15.3. The fraction of sp³-hybridized carbons (Fsp3) is 0.211. The quantitative estimate of drug-likeness (QED) is 0.689. The number of nitrogens with one attached hydrogen (secondary N) is 2. The molecule has 2 rings (SSSR count). The van der Waals surface area contributed by atoms with Gasteiger partial charge in [0.2, 0.25) is 5.91 Å². The summed E-state index contributed by atoms with van der Waals surface area (Å²) in [6, 6.07) is 13.4. The summed E-state index contributed by atoms with van der Waals surface area (Å²) in [5.41, 5.74) is 1.12. The summed E-state index contributed by atoms with van der Waals surface area (Å²) in [7, 11) is 1.49. The lowest BCUT2D eigenvalue weighted by Crippen LogP contribution is -2.23. The Morgan fingerprint density at radius 3 is 2.04 bits per heavy atom. The highest BCUT2D eigenvalue weighted by Gasteiger charge is 2.10. The second kappa shape index (κ2) is 9.81. The van der Waals surface area contributed by atoms with Crippen LogP contribution in [0.25, 0.3) is 0 Å². The summed E-state index contributed by atoms with van der Waals surface area (Å²) in [5.74, 6) is -0.467. The van der Waals surface area contributed by atoms with E-state index in [1.807, 2.05) is 0 Å². The zero-order chi connectivity index (χ0) is 19.6. The molecule has 0 atom stereocenters. The van der Waals surface area contributed by atoms with E-state index in [9.17, 15) is 14.4 Å². The van der Waals surface area contributed by atoms with Crippen LogP contribution in [-0.4, -0.2) is 38.1 Å². The molecule has 0 heterocycles. The van der Waals surface area contributed by atoms with Crippen LogP contribution in [0, 0.1) is 0 Å². The Morgan fingerprint density at radius 2 is 1.44 bits per heavy atom. The van der Waals surface area contributed by atoms with Gasteiger partial charge in [0.05, 0.1) is 7.11 Å². The Kier molecular flexibility index (Phi) is 7.18. The molecular weight excluding hydrogens is 352 g/mol. The summed E-state index contributed by atoms with van der Waals surface area (Å²) in [6.45, 7) is 0.613. The molecule has 0 aliphatic heterocycles. The zero-order valence-electron chi connectivity index (χ0n) is 15.0. The molecule has 2 amide bonds. The van der Waals surface area contributed by atoms with Crippen molar-refractivity contribution in [3.63, 3.8) is 0 Å². The first-order valence-electron chi connectivity index (χ1n) is 8.07. The average Bonchev–Trinajstić information content (AvgIpc) is 2.66. The molecule has 0 aliphatic rings. The minimum Gasteiger partial charge on any atom is -0.493 e. The highest BCUT2D eigenvalue weighted by atomic mass is 16.6. The maximum absolute atomic E-state index is 11.8. The molecule has 0 aliphatic carbocycles. The summed E-state index contributed by atoms with van der Waals surface area (Å²) in [5, 5.41) is 5.20. The van der Waals surface area contributed by atoms with Crippen molar-refractivity contribution in [2.45, 2.75) is 6.92 Å². The van der Waals surface area contributed by atoms with Crippen molar-refractivity contribution < 1.29 is 28.6 Å². The van der Waals surface area contributed by atoms with E-state index in [0.717, 1.165) is 0 Å². The molecule has 0 fully saturated rings. The first-order valence-corrected chi connectivity index (χ1v) is 8.07. The lowest BCUT2D eigenvalue weighted by Gasteiger charge is -2.10. The number of methoxy groups -OCH3 is 1. The Morgan fingerprint density at radius 1 is 0.852 bits per heavy atom. The Hall–Kier alpha value is -3.55. The van der Waals surface area contributed by atoms with Crippen molar-refractivity contribution in [2.75, 3.05) is 31.0 Å². The second-order valence-electron chi connectivity index (χ2n) is 5.41. The zero-order valence-corrected chi connectivity index (χ0v) is 15.0. The van der Waals surface area contributed by atoms with Gasteiger partial charge in [-0.2, -0.15) is 0 Å². The van der Waals surface area contributed by atoms with E-state index in [0.29, 0.717) is 22.9 Å². The summed E-state index contributed by atoms with van der Waals surface area (Å²) in [6.07, 6.45) is 0. The van der Waals surface area contributed by atoms with E-state index < -0.39 is 18.5 Å². The minimum atomic E-state index is -0.683. The molecule has 0 aromatic heterocycles. The molecule has 8 heteroatoms. The van der Waals surface area contributed by atoms with E-state index >= 15 is 0 Å². The van der Waals surface area contributed by atoms with Crippen LogP contribution < -0.4 is 20.1 Å². The van der Waals surface area contributed by atoms with Crippen molar-refractivity contribution in [3.8, 4) is 11.5 Å². The lowest BCUT2D eigenvalue weighted by molar-refractivity contribution is -0.149. The molecule has 0 spiro atoms. The molecule has 0 saturated carbocycles. The predicted molar refractivity (Wildman–Crippen MR) is 98.8 cm³/mol. The Balaban J connectivity index is 1.74. The lowest BCUT2D eigenvalue weighted by atomic mass is 10.2. The number of ether oxygens (including phenoxy) is 3. The Labute approximate surface area is 156 Å². The van der Waals surface area contributed by atoms with Crippen molar-refractivity contribution in [1.82, 2.24) is 0 Å². The molecule has 142 valence electrons. The molecule has 8 nitrogen and oxygen atoms in total. The SMILES string of the molecule is COc1ccccc1OCC(=O)OCC(=O)Nc1ccc(NC(C)=O)cc1. The van der Waals surface area contributed by atoms with Gasteiger partial charge in [0.25, 0.3) is 5.91 Å². The topological polar surface area (TPSA) is 103 Å². The first-order chi connectivity index (χ1) is 13.0. The molecule has 0 bridgehead atoms. The standard InChI is InChI=1S/C19H20N2O6/c1-13(22)20-14-7-9-15(10-8-14)21-18(23)11-27-19(24)12-26-17-6-4-3-5-16(17)25-2/h3-10H,11-12H2,1-2H3,(H,20,22)(H,21,23). The number of carbonyl (C=O) groups is 3. The summed E-state index contributed by atoms with van der Waals surface area (Å²) in [4.78, 5) is 34.5. The van der Waals surface area contributed by atoms with E-state index in [2.05, 4.69) is 10.6 Å². The highest BCUT2D eigenvalue weighted by Crippen LogP contribution is 2.25. The van der Waals surface area contributed by atoms with Gasteiger partial charge in [-0.25, -0.2) is 4.79 Å². The molecule has 2 N–H and O–H groups in total. The highest BCUT2D eigenvalue weighted by molar-refractivity contribution is 5.93. The molecule has 0 radical (unpaired) electrons. The van der Waals surface area contributed by atoms with Gasteiger partial charge in [-0.05, 0) is 36.4 Å². The number of amides is 2. The predicted octanol–water partition coefficient (Wildman–Crippen LogP) is 2.21. The molecular formula is C19H20N2O6. The van der Waals surface area contributed by atoms with Crippen LogP contribution in [0.2, 0.25) is 0 Å². The third kappa shape index (κ3) is 6.69. The van der Waals surface area contributed by atoms with Crippen LogP contribution in [0.5, 0.6) is 11.5 Å². The van der Waals surface area contributed by atoms with Gasteiger partial charge in [-0.15, -0.1) is 0 Å². The second-order valence-corrected chi connectivity index (χ2v) is 5.41. The van der Waals surface area contributed by atoms with Gasteiger partial charge < -0.3 is 24.8 Å². The van der Waals surface area contributed by atoms with Gasteiger partial charge >= 0.3 is 5.97 Å². The molecule has 2 aromatic rings. The van der Waals surface area contributed by atoms with Gasteiger partial charge in [-0.3, -0.25) is 9.59 Å². The van der Waals surface area contributed by atoms with Crippen LogP contribution in [0.1, 0.15) is 6.92 Å². The van der Waals surface area contributed by atoms with Gasteiger partial charge in [-0.1, -0.05) is 12.1 Å². The van der Waals surface area contributed by atoms with Crippen LogP contribution in [0.3, 0.4) is 0 Å². The fourth-order valence-electron chi connectivity index (χ4n) is 2.10. The largest absolute Gasteiger partial charge is 0.493 e. The third-order valence-corrected chi connectivity index (χ3v) is 3.27. The summed E-state index contributed by atoms with van der Waals surface area (Å²) >= 11 is 0. The van der Waals surface area contributed by atoms with Crippen molar-refractivity contribution in [3.05, 3.63) is 48.5 Å². The van der Waals surface area contributed by atoms with E-state index in [1.54, 1.807) is 48.5 Å². The Bertz CT molecular complexity index is 804. The van der Waals surface area contributed by atoms with Crippen LogP contribution >= 0.6 is 0 Å². The van der Waals surface area contributed by atoms with Gasteiger partial charge in [0.1, 0.15) is 0 Å². The number of para-hydroxylation sites is 2. The number of esters is 1. The monoisotopic (exact) mass is 372 g/mol. The maximum atomic E-state index is 11.8.